The summed E-state index contributed by atoms with van der Waals surface area (Å²) in [7, 11) is 0. The van der Waals surface area contributed by atoms with Crippen LogP contribution < -0.4 is 16.4 Å². The highest BCUT2D eigenvalue weighted by Gasteiger charge is 2.29. The van der Waals surface area contributed by atoms with Gasteiger partial charge in [-0.25, -0.2) is 0 Å². The van der Waals surface area contributed by atoms with E-state index in [4.69, 9.17) is 11.5 Å². The molecule has 0 bridgehead atoms. The summed E-state index contributed by atoms with van der Waals surface area (Å²) in [6, 6.07) is 3.83. The summed E-state index contributed by atoms with van der Waals surface area (Å²) < 4.78 is 0. The number of nitrogen functional groups attached to an aromatic ring is 1. The molecule has 0 saturated carbocycles. The maximum absolute atomic E-state index is 11.6. The zero-order valence-electron chi connectivity index (χ0n) is 9.00. The van der Waals surface area contributed by atoms with Gasteiger partial charge in [0.15, 0.2) is 0 Å². The average molecular weight is 236 g/mol. The third-order valence-electron chi connectivity index (χ3n) is 2.67. The molecule has 17 heavy (non-hydrogen) atoms. The van der Waals surface area contributed by atoms with Gasteiger partial charge < -0.3 is 16.4 Å². The van der Waals surface area contributed by atoms with Gasteiger partial charge in [-0.1, -0.05) is 0 Å². The lowest BCUT2D eigenvalue weighted by Crippen LogP contribution is -2.28. The fraction of sp³-hybridized carbons (Fsp3) is 0.300. The summed E-state index contributed by atoms with van der Waals surface area (Å²) in [4.78, 5) is 23.1. The van der Waals surface area contributed by atoms with Gasteiger partial charge in [-0.15, -0.1) is 0 Å². The number of carbonyl (C=O) groups is 1. The SMILES string of the molecule is Nc1cc([N+](=O)[O-])ccc1N1CC(N)CC1=O. The van der Waals surface area contributed by atoms with Crippen LogP contribution in [0.4, 0.5) is 17.1 Å². The Morgan fingerprint density at radius 3 is 2.65 bits per heavy atom. The molecular formula is C10H12N4O3. The molecule has 0 aliphatic carbocycles. The molecule has 1 saturated heterocycles. The number of rotatable bonds is 2. The van der Waals surface area contributed by atoms with Gasteiger partial charge in [-0.05, 0) is 6.07 Å². The van der Waals surface area contributed by atoms with Crippen LogP contribution in [0.3, 0.4) is 0 Å². The van der Waals surface area contributed by atoms with Crippen LogP contribution in [0.25, 0.3) is 0 Å². The Labute approximate surface area is 97.1 Å². The summed E-state index contributed by atoms with van der Waals surface area (Å²) >= 11 is 0. The number of hydrogen-bond acceptors (Lipinski definition) is 5. The molecule has 1 aliphatic rings. The van der Waals surface area contributed by atoms with Crippen LogP contribution in [-0.4, -0.2) is 23.4 Å². The van der Waals surface area contributed by atoms with E-state index in [2.05, 4.69) is 0 Å². The van der Waals surface area contributed by atoms with Crippen molar-refractivity contribution in [3.05, 3.63) is 28.3 Å². The van der Waals surface area contributed by atoms with Gasteiger partial charge >= 0.3 is 0 Å². The number of nitro benzene ring substituents is 1. The molecule has 1 aromatic carbocycles. The lowest BCUT2D eigenvalue weighted by atomic mass is 10.2. The lowest BCUT2D eigenvalue weighted by Gasteiger charge is -2.17. The number of benzene rings is 1. The molecule has 1 unspecified atom stereocenters. The normalized spacial score (nSPS) is 19.7. The van der Waals surface area contributed by atoms with Gasteiger partial charge in [0.2, 0.25) is 5.91 Å². The van der Waals surface area contributed by atoms with Crippen molar-refractivity contribution in [1.82, 2.24) is 0 Å². The van der Waals surface area contributed by atoms with Crippen LogP contribution >= 0.6 is 0 Å². The van der Waals surface area contributed by atoms with Crippen molar-refractivity contribution in [3.8, 4) is 0 Å². The summed E-state index contributed by atoms with van der Waals surface area (Å²) in [5, 5.41) is 10.6. The summed E-state index contributed by atoms with van der Waals surface area (Å²) in [6.07, 6.45) is 0.274. The van der Waals surface area contributed by atoms with E-state index in [1.165, 1.54) is 23.1 Å². The van der Waals surface area contributed by atoms with Crippen molar-refractivity contribution in [2.45, 2.75) is 12.5 Å². The monoisotopic (exact) mass is 236 g/mol. The van der Waals surface area contributed by atoms with Gasteiger partial charge in [0, 0.05) is 31.1 Å². The van der Waals surface area contributed by atoms with Crippen molar-refractivity contribution in [2.24, 2.45) is 5.73 Å². The first kappa shape index (κ1) is 11.3. The van der Waals surface area contributed by atoms with Crippen LogP contribution in [0.1, 0.15) is 6.42 Å². The first-order valence-corrected chi connectivity index (χ1v) is 5.09. The van der Waals surface area contributed by atoms with E-state index in [0.29, 0.717) is 12.2 Å². The first-order chi connectivity index (χ1) is 7.99. The quantitative estimate of drug-likeness (QED) is 0.433. The molecular weight excluding hydrogens is 224 g/mol. The fourth-order valence-corrected chi connectivity index (χ4v) is 1.87. The highest BCUT2D eigenvalue weighted by molar-refractivity contribution is 5.99. The topological polar surface area (TPSA) is 115 Å². The minimum Gasteiger partial charge on any atom is -0.397 e. The largest absolute Gasteiger partial charge is 0.397 e. The molecule has 1 aromatic rings. The van der Waals surface area contributed by atoms with Crippen molar-refractivity contribution in [1.29, 1.82) is 0 Å². The van der Waals surface area contributed by atoms with Crippen LogP contribution in [0.5, 0.6) is 0 Å². The van der Waals surface area contributed by atoms with Crippen LogP contribution in [0.15, 0.2) is 18.2 Å². The molecule has 90 valence electrons. The Morgan fingerprint density at radius 1 is 1.47 bits per heavy atom. The average Bonchev–Trinajstić information content (AvgIpc) is 2.57. The van der Waals surface area contributed by atoms with Crippen LogP contribution in [0.2, 0.25) is 0 Å². The Hall–Kier alpha value is -2.15. The Kier molecular flexibility index (Phi) is 2.68. The number of amides is 1. The third kappa shape index (κ3) is 2.04. The van der Waals surface area contributed by atoms with Crippen molar-refractivity contribution in [3.63, 3.8) is 0 Å². The van der Waals surface area contributed by atoms with Crippen molar-refractivity contribution in [2.75, 3.05) is 17.2 Å². The third-order valence-corrected chi connectivity index (χ3v) is 2.67. The molecule has 0 spiro atoms. The molecule has 7 nitrogen and oxygen atoms in total. The van der Waals surface area contributed by atoms with Crippen LogP contribution in [-0.2, 0) is 4.79 Å². The second kappa shape index (κ2) is 4.02. The summed E-state index contributed by atoms with van der Waals surface area (Å²) in [5.74, 6) is -0.113. The molecule has 1 heterocycles. The van der Waals surface area contributed by atoms with Gasteiger partial charge in [0.05, 0.1) is 16.3 Å². The van der Waals surface area contributed by atoms with E-state index in [1.54, 1.807) is 0 Å². The number of nitrogens with two attached hydrogens (primary N) is 2. The summed E-state index contributed by atoms with van der Waals surface area (Å²) in [6.45, 7) is 0.390. The van der Waals surface area contributed by atoms with Gasteiger partial charge in [-0.2, -0.15) is 0 Å². The predicted octanol–water partition coefficient (Wildman–Crippen LogP) is 0.241. The van der Waals surface area contributed by atoms with Crippen molar-refractivity contribution >= 4 is 23.0 Å². The number of hydrogen-bond donors (Lipinski definition) is 2. The van der Waals surface area contributed by atoms with E-state index in [-0.39, 0.29) is 29.7 Å². The predicted molar refractivity (Wildman–Crippen MR) is 62.5 cm³/mol. The fourth-order valence-electron chi connectivity index (χ4n) is 1.87. The lowest BCUT2D eigenvalue weighted by molar-refractivity contribution is -0.384. The van der Waals surface area contributed by atoms with Crippen molar-refractivity contribution < 1.29 is 9.72 Å². The highest BCUT2D eigenvalue weighted by Crippen LogP contribution is 2.30. The van der Waals surface area contributed by atoms with E-state index in [0.717, 1.165) is 0 Å². The molecule has 1 atom stereocenters. The van der Waals surface area contributed by atoms with Crippen LogP contribution in [0, 0.1) is 10.1 Å². The zero-order valence-corrected chi connectivity index (χ0v) is 9.00. The van der Waals surface area contributed by atoms with E-state index in [9.17, 15) is 14.9 Å². The minimum absolute atomic E-state index is 0.0952. The standard InChI is InChI=1S/C10H12N4O3/c11-6-3-10(15)13(5-6)9-2-1-7(14(16)17)4-8(9)12/h1-2,4,6H,3,5,11-12H2. The van der Waals surface area contributed by atoms with E-state index < -0.39 is 4.92 Å². The molecule has 0 aromatic heterocycles. The smallest absolute Gasteiger partial charge is 0.271 e. The molecule has 1 fully saturated rings. The number of nitrogens with zero attached hydrogens (tertiary/aromatic N) is 2. The number of anilines is 2. The highest BCUT2D eigenvalue weighted by atomic mass is 16.6. The molecule has 2 rings (SSSR count). The number of non-ortho nitro benzene ring substituents is 1. The Bertz CT molecular complexity index is 488. The van der Waals surface area contributed by atoms with E-state index >= 15 is 0 Å². The second-order valence-corrected chi connectivity index (χ2v) is 3.97. The van der Waals surface area contributed by atoms with E-state index in [1.807, 2.05) is 0 Å². The molecule has 4 N–H and O–H groups in total. The van der Waals surface area contributed by atoms with Gasteiger partial charge in [0.25, 0.3) is 5.69 Å². The number of nitro groups is 1. The minimum atomic E-state index is -0.530. The molecule has 1 amide bonds. The second-order valence-electron chi connectivity index (χ2n) is 3.97. The van der Waals surface area contributed by atoms with Gasteiger partial charge in [0.1, 0.15) is 0 Å². The Balaban J connectivity index is 2.34. The molecule has 7 heteroatoms. The van der Waals surface area contributed by atoms with Gasteiger partial charge in [-0.3, -0.25) is 14.9 Å². The Morgan fingerprint density at radius 2 is 2.18 bits per heavy atom. The first-order valence-electron chi connectivity index (χ1n) is 5.09. The zero-order chi connectivity index (χ0) is 12.6. The summed E-state index contributed by atoms with van der Waals surface area (Å²) in [5.41, 5.74) is 12.0. The molecule has 1 aliphatic heterocycles. The number of carbonyl (C=O) groups excluding carboxylic acids is 1. The maximum atomic E-state index is 11.6. The maximum Gasteiger partial charge on any atom is 0.271 e. The molecule has 0 radical (unpaired) electrons.